The number of fused-ring (bicyclic) bond motifs is 5. The van der Waals surface area contributed by atoms with Gasteiger partial charge >= 0.3 is 0 Å². The highest BCUT2D eigenvalue weighted by atomic mass is 16.2. The summed E-state index contributed by atoms with van der Waals surface area (Å²) in [5.74, 6) is -0.327. The summed E-state index contributed by atoms with van der Waals surface area (Å²) in [7, 11) is 0. The molecule has 3 aliphatic rings. The van der Waals surface area contributed by atoms with Crippen molar-refractivity contribution < 1.29 is 14.4 Å². The van der Waals surface area contributed by atoms with E-state index < -0.39 is 6.04 Å². The average Bonchev–Trinajstić information content (AvgIpc) is 3.36. The summed E-state index contributed by atoms with van der Waals surface area (Å²) < 4.78 is 0. The van der Waals surface area contributed by atoms with Crippen LogP contribution < -0.4 is 0 Å². The van der Waals surface area contributed by atoms with Crippen LogP contribution >= 0.6 is 0 Å². The second-order valence-electron chi connectivity index (χ2n) is 8.19. The topological polar surface area (TPSA) is 57.7 Å². The molecule has 0 N–H and O–H groups in total. The number of aryl methyl sites for hydroxylation is 1. The van der Waals surface area contributed by atoms with Crippen LogP contribution in [-0.4, -0.2) is 40.6 Å². The van der Waals surface area contributed by atoms with Crippen molar-refractivity contribution >= 4 is 17.7 Å². The zero-order valence-corrected chi connectivity index (χ0v) is 16.8. The van der Waals surface area contributed by atoms with Crippen molar-refractivity contribution in [1.29, 1.82) is 0 Å². The maximum Gasteiger partial charge on any atom is 0.234 e. The molecule has 148 valence electrons. The van der Waals surface area contributed by atoms with Crippen molar-refractivity contribution in [2.75, 3.05) is 13.1 Å². The lowest BCUT2D eigenvalue weighted by molar-refractivity contribution is -0.145. The standard InChI is InChI=1S/C23H28N2O3/c1-4-24(5-2)19(26)13-18(17-9-7-6-8-14(17)3)25-22(27)20-15-10-11-16(12-15)21(20)23(25)28/h6-11,15-16,18,20-21H,4-5,12-13H2,1-3H3. The first-order valence-electron chi connectivity index (χ1n) is 10.4. The number of carbonyl (C=O) groups is 3. The number of amides is 3. The van der Waals surface area contributed by atoms with E-state index in [2.05, 4.69) is 12.2 Å². The Balaban J connectivity index is 1.70. The van der Waals surface area contributed by atoms with E-state index in [-0.39, 0.29) is 47.8 Å². The van der Waals surface area contributed by atoms with E-state index in [1.807, 2.05) is 45.0 Å². The molecule has 1 saturated heterocycles. The van der Waals surface area contributed by atoms with Crippen molar-refractivity contribution in [3.63, 3.8) is 0 Å². The molecule has 1 saturated carbocycles. The molecule has 0 spiro atoms. The van der Waals surface area contributed by atoms with E-state index in [4.69, 9.17) is 0 Å². The smallest absolute Gasteiger partial charge is 0.234 e. The van der Waals surface area contributed by atoms with Gasteiger partial charge in [-0.25, -0.2) is 0 Å². The summed E-state index contributed by atoms with van der Waals surface area (Å²) in [6, 6.07) is 7.24. The molecule has 5 unspecified atom stereocenters. The Kier molecular flexibility index (Phi) is 4.86. The van der Waals surface area contributed by atoms with Crippen LogP contribution in [-0.2, 0) is 14.4 Å². The third-order valence-electron chi connectivity index (χ3n) is 6.85. The largest absolute Gasteiger partial charge is 0.343 e. The predicted octanol–water partition coefficient (Wildman–Crippen LogP) is 3.10. The lowest BCUT2D eigenvalue weighted by Crippen LogP contribution is -2.40. The van der Waals surface area contributed by atoms with Gasteiger partial charge in [-0.15, -0.1) is 0 Å². The van der Waals surface area contributed by atoms with E-state index >= 15 is 0 Å². The first-order chi connectivity index (χ1) is 13.5. The van der Waals surface area contributed by atoms with Crippen LogP contribution in [0, 0.1) is 30.6 Å². The van der Waals surface area contributed by atoms with Gasteiger partial charge in [0, 0.05) is 13.1 Å². The van der Waals surface area contributed by atoms with Crippen molar-refractivity contribution in [3.8, 4) is 0 Å². The molecule has 0 aromatic heterocycles. The van der Waals surface area contributed by atoms with Gasteiger partial charge in [-0.1, -0.05) is 36.4 Å². The van der Waals surface area contributed by atoms with Gasteiger partial charge in [-0.3, -0.25) is 19.3 Å². The zero-order chi connectivity index (χ0) is 20.0. The number of carbonyl (C=O) groups excluding carboxylic acids is 3. The van der Waals surface area contributed by atoms with Gasteiger partial charge in [-0.2, -0.15) is 0 Å². The predicted molar refractivity (Wildman–Crippen MR) is 106 cm³/mol. The van der Waals surface area contributed by atoms with Crippen molar-refractivity contribution in [3.05, 3.63) is 47.5 Å². The van der Waals surface area contributed by atoms with Gasteiger partial charge in [0.1, 0.15) is 0 Å². The van der Waals surface area contributed by atoms with Crippen LogP contribution in [0.25, 0.3) is 0 Å². The Morgan fingerprint density at radius 2 is 1.64 bits per heavy atom. The number of allylic oxidation sites excluding steroid dienone is 2. The zero-order valence-electron chi connectivity index (χ0n) is 16.8. The second kappa shape index (κ2) is 7.19. The molecule has 1 aromatic rings. The van der Waals surface area contributed by atoms with E-state index in [0.717, 1.165) is 17.5 Å². The molecule has 5 atom stereocenters. The Hall–Kier alpha value is -2.43. The Labute approximate surface area is 166 Å². The Bertz CT molecular complexity index is 812. The summed E-state index contributed by atoms with van der Waals surface area (Å²) in [5.41, 5.74) is 1.89. The van der Waals surface area contributed by atoms with Gasteiger partial charge in [0.2, 0.25) is 17.7 Å². The lowest BCUT2D eigenvalue weighted by Gasteiger charge is -2.31. The molecule has 1 aromatic carbocycles. The molecule has 2 fully saturated rings. The maximum atomic E-state index is 13.4. The van der Waals surface area contributed by atoms with Crippen LogP contribution in [0.3, 0.4) is 0 Å². The van der Waals surface area contributed by atoms with Crippen LogP contribution in [0.5, 0.6) is 0 Å². The molecule has 0 radical (unpaired) electrons. The van der Waals surface area contributed by atoms with Crippen LogP contribution in [0.4, 0.5) is 0 Å². The molecule has 5 nitrogen and oxygen atoms in total. The molecule has 1 heterocycles. The number of hydrogen-bond donors (Lipinski definition) is 0. The van der Waals surface area contributed by atoms with Crippen LogP contribution in [0.1, 0.15) is 43.9 Å². The maximum absolute atomic E-state index is 13.4. The molecule has 4 rings (SSSR count). The molecule has 1 aliphatic heterocycles. The third-order valence-corrected chi connectivity index (χ3v) is 6.85. The minimum absolute atomic E-state index is 0.0167. The van der Waals surface area contributed by atoms with Crippen LogP contribution in [0.2, 0.25) is 0 Å². The molecule has 3 amide bonds. The Morgan fingerprint density at radius 3 is 2.18 bits per heavy atom. The van der Waals surface area contributed by atoms with E-state index in [9.17, 15) is 14.4 Å². The van der Waals surface area contributed by atoms with E-state index in [0.29, 0.717) is 13.1 Å². The van der Waals surface area contributed by atoms with Gasteiger partial charge < -0.3 is 4.90 Å². The van der Waals surface area contributed by atoms with Crippen LogP contribution in [0.15, 0.2) is 36.4 Å². The van der Waals surface area contributed by atoms with Crippen molar-refractivity contribution in [2.45, 2.75) is 39.7 Å². The molecule has 5 heteroatoms. The molecule has 28 heavy (non-hydrogen) atoms. The number of rotatable bonds is 6. The Morgan fingerprint density at radius 1 is 1.07 bits per heavy atom. The normalized spacial score (nSPS) is 28.8. The summed E-state index contributed by atoms with van der Waals surface area (Å²) >= 11 is 0. The number of hydrogen-bond acceptors (Lipinski definition) is 3. The lowest BCUT2D eigenvalue weighted by atomic mass is 9.85. The number of likely N-dealkylation sites (tertiary alicyclic amines) is 1. The first-order valence-corrected chi connectivity index (χ1v) is 10.4. The molecule has 2 aliphatic carbocycles. The quantitative estimate of drug-likeness (QED) is 0.563. The van der Waals surface area contributed by atoms with Gasteiger partial charge in [0.05, 0.1) is 24.3 Å². The minimum Gasteiger partial charge on any atom is -0.343 e. The average molecular weight is 380 g/mol. The fourth-order valence-corrected chi connectivity index (χ4v) is 5.40. The summed E-state index contributed by atoms with van der Waals surface area (Å²) in [6.07, 6.45) is 5.26. The summed E-state index contributed by atoms with van der Waals surface area (Å²) in [6.45, 7) is 7.11. The molecular weight excluding hydrogens is 352 g/mol. The SMILES string of the molecule is CCN(CC)C(=O)CC(c1ccccc1C)N1C(=O)C2C3C=CC(C3)C2C1=O. The van der Waals surface area contributed by atoms with Gasteiger partial charge in [-0.05, 0) is 50.2 Å². The fourth-order valence-electron chi connectivity index (χ4n) is 5.40. The molecular formula is C23H28N2O3. The van der Waals surface area contributed by atoms with E-state index in [1.54, 1.807) is 4.90 Å². The van der Waals surface area contributed by atoms with Crippen molar-refractivity contribution in [1.82, 2.24) is 9.80 Å². The minimum atomic E-state index is -0.528. The van der Waals surface area contributed by atoms with Gasteiger partial charge in [0.25, 0.3) is 0 Å². The molecule has 2 bridgehead atoms. The summed E-state index contributed by atoms with van der Waals surface area (Å²) in [4.78, 5) is 42.8. The van der Waals surface area contributed by atoms with Crippen molar-refractivity contribution in [2.24, 2.45) is 23.7 Å². The highest BCUT2D eigenvalue weighted by molar-refractivity contribution is 6.07. The number of imide groups is 1. The first kappa shape index (κ1) is 18.9. The number of nitrogens with zero attached hydrogens (tertiary/aromatic N) is 2. The third kappa shape index (κ3) is 2.79. The number of benzene rings is 1. The fraction of sp³-hybridized carbons (Fsp3) is 0.522. The highest BCUT2D eigenvalue weighted by Gasteiger charge is 2.60. The monoisotopic (exact) mass is 380 g/mol. The summed E-state index contributed by atoms with van der Waals surface area (Å²) in [5, 5.41) is 0. The van der Waals surface area contributed by atoms with Gasteiger partial charge in [0.15, 0.2) is 0 Å². The highest BCUT2D eigenvalue weighted by Crippen LogP contribution is 2.54. The van der Waals surface area contributed by atoms with E-state index in [1.165, 1.54) is 4.90 Å². The second-order valence-corrected chi connectivity index (χ2v) is 8.19.